The molecule has 1 atom stereocenters. The topological polar surface area (TPSA) is 47.9 Å². The van der Waals surface area contributed by atoms with Gasteiger partial charge in [-0.05, 0) is 26.0 Å². The predicted octanol–water partition coefficient (Wildman–Crippen LogP) is 2.03. The van der Waals surface area contributed by atoms with Gasteiger partial charge < -0.3 is 9.47 Å². The first-order valence-corrected chi connectivity index (χ1v) is 5.52. The van der Waals surface area contributed by atoms with Crippen molar-refractivity contribution in [3.8, 4) is 0 Å². The number of carbonyl (C=O) groups excluding carboxylic acids is 1. The summed E-state index contributed by atoms with van der Waals surface area (Å²) in [5, 5.41) is 0. The van der Waals surface area contributed by atoms with Crippen LogP contribution >= 0.6 is 0 Å². The van der Waals surface area contributed by atoms with Gasteiger partial charge >= 0.3 is 5.97 Å². The second-order valence-electron chi connectivity index (χ2n) is 3.43. The summed E-state index contributed by atoms with van der Waals surface area (Å²) in [5.41, 5.74) is 0.839. The smallest absolute Gasteiger partial charge is 0.330 e. The van der Waals surface area contributed by atoms with Gasteiger partial charge in [0.1, 0.15) is 6.04 Å². The third-order valence-electron chi connectivity index (χ3n) is 2.15. The van der Waals surface area contributed by atoms with E-state index in [4.69, 9.17) is 9.47 Å². The van der Waals surface area contributed by atoms with E-state index in [9.17, 15) is 4.79 Å². The van der Waals surface area contributed by atoms with E-state index in [2.05, 4.69) is 4.99 Å². The first-order chi connectivity index (χ1) is 8.19. The Labute approximate surface area is 101 Å². The standard InChI is InChI=1S/C13H17NO3/c1-4-17-13(15)10(2)14-12(16-3)11-8-6-5-7-9-11/h5-10H,4H2,1-3H3. The van der Waals surface area contributed by atoms with Crippen molar-refractivity contribution >= 4 is 11.9 Å². The van der Waals surface area contributed by atoms with Crippen LogP contribution in [0.4, 0.5) is 0 Å². The molecule has 0 bridgehead atoms. The number of hydrogen-bond donors (Lipinski definition) is 0. The second kappa shape index (κ2) is 6.68. The Hall–Kier alpha value is -1.84. The maximum Gasteiger partial charge on any atom is 0.330 e. The monoisotopic (exact) mass is 235 g/mol. The van der Waals surface area contributed by atoms with E-state index in [1.54, 1.807) is 13.8 Å². The van der Waals surface area contributed by atoms with Crippen LogP contribution in [0.25, 0.3) is 0 Å². The van der Waals surface area contributed by atoms with Crippen LogP contribution in [0.2, 0.25) is 0 Å². The maximum absolute atomic E-state index is 11.4. The quantitative estimate of drug-likeness (QED) is 0.456. The third kappa shape index (κ3) is 3.90. The SMILES string of the molecule is CCOC(=O)C(C)N=C(OC)c1ccccc1. The van der Waals surface area contributed by atoms with Gasteiger partial charge in [-0.3, -0.25) is 0 Å². The molecule has 0 spiro atoms. The molecule has 0 N–H and O–H groups in total. The van der Waals surface area contributed by atoms with Crippen molar-refractivity contribution in [3.63, 3.8) is 0 Å². The average Bonchev–Trinajstić information content (AvgIpc) is 2.37. The van der Waals surface area contributed by atoms with Crippen molar-refractivity contribution in [1.29, 1.82) is 0 Å². The van der Waals surface area contributed by atoms with Gasteiger partial charge in [-0.2, -0.15) is 0 Å². The number of methoxy groups -OCH3 is 1. The molecule has 4 nitrogen and oxygen atoms in total. The second-order valence-corrected chi connectivity index (χ2v) is 3.43. The Morgan fingerprint density at radius 2 is 2.00 bits per heavy atom. The lowest BCUT2D eigenvalue weighted by Crippen LogP contribution is -2.20. The summed E-state index contributed by atoms with van der Waals surface area (Å²) in [5.74, 6) is 0.0872. The molecule has 1 unspecified atom stereocenters. The normalized spacial score (nSPS) is 13.0. The number of rotatable bonds is 4. The fraction of sp³-hybridized carbons (Fsp3) is 0.385. The lowest BCUT2D eigenvalue weighted by molar-refractivity contribution is -0.144. The van der Waals surface area contributed by atoms with Crippen LogP contribution in [0.3, 0.4) is 0 Å². The van der Waals surface area contributed by atoms with Gasteiger partial charge in [0.05, 0.1) is 13.7 Å². The Morgan fingerprint density at radius 3 is 2.53 bits per heavy atom. The fourth-order valence-electron chi connectivity index (χ4n) is 1.32. The summed E-state index contributed by atoms with van der Waals surface area (Å²) in [7, 11) is 1.53. The Bertz CT molecular complexity index is 387. The zero-order valence-corrected chi connectivity index (χ0v) is 10.3. The highest BCUT2D eigenvalue weighted by Gasteiger charge is 2.14. The summed E-state index contributed by atoms with van der Waals surface area (Å²) in [6.45, 7) is 3.80. The highest BCUT2D eigenvalue weighted by Crippen LogP contribution is 2.05. The minimum absolute atomic E-state index is 0.349. The summed E-state index contributed by atoms with van der Waals surface area (Å²) in [4.78, 5) is 15.6. The van der Waals surface area contributed by atoms with Gasteiger partial charge in [0, 0.05) is 5.56 Å². The van der Waals surface area contributed by atoms with Crippen LogP contribution < -0.4 is 0 Å². The minimum atomic E-state index is -0.565. The van der Waals surface area contributed by atoms with Crippen molar-refractivity contribution in [3.05, 3.63) is 35.9 Å². The molecule has 1 aromatic rings. The molecule has 0 aliphatic rings. The van der Waals surface area contributed by atoms with Crippen molar-refractivity contribution < 1.29 is 14.3 Å². The van der Waals surface area contributed by atoms with Gasteiger partial charge in [-0.1, -0.05) is 18.2 Å². The van der Waals surface area contributed by atoms with Gasteiger partial charge in [0.25, 0.3) is 0 Å². The zero-order valence-electron chi connectivity index (χ0n) is 10.3. The number of carbonyl (C=O) groups is 1. The van der Waals surface area contributed by atoms with Crippen LogP contribution in [-0.4, -0.2) is 31.6 Å². The molecule has 0 aliphatic heterocycles. The van der Waals surface area contributed by atoms with E-state index in [1.807, 2.05) is 30.3 Å². The van der Waals surface area contributed by atoms with Gasteiger partial charge in [0.15, 0.2) is 0 Å². The molecule has 0 amide bonds. The first kappa shape index (κ1) is 13.2. The van der Waals surface area contributed by atoms with E-state index in [0.717, 1.165) is 5.56 Å². The van der Waals surface area contributed by atoms with Crippen LogP contribution in [0, 0.1) is 0 Å². The molecule has 0 saturated heterocycles. The molecule has 0 aromatic heterocycles. The average molecular weight is 235 g/mol. The molecule has 0 aliphatic carbocycles. The molecule has 0 radical (unpaired) electrons. The molecule has 0 saturated carbocycles. The summed E-state index contributed by atoms with van der Waals surface area (Å²) < 4.78 is 10.1. The van der Waals surface area contributed by atoms with Crippen molar-refractivity contribution in [1.82, 2.24) is 0 Å². The maximum atomic E-state index is 11.4. The van der Waals surface area contributed by atoms with Crippen LogP contribution in [0.1, 0.15) is 19.4 Å². The molecule has 92 valence electrons. The fourth-order valence-corrected chi connectivity index (χ4v) is 1.32. The minimum Gasteiger partial charge on any atom is -0.481 e. The van der Waals surface area contributed by atoms with E-state index in [0.29, 0.717) is 12.5 Å². The predicted molar refractivity (Wildman–Crippen MR) is 66.1 cm³/mol. The Balaban J connectivity index is 2.84. The van der Waals surface area contributed by atoms with Crippen molar-refractivity contribution in [2.24, 2.45) is 4.99 Å². The molecule has 0 fully saturated rings. The van der Waals surface area contributed by atoms with Gasteiger partial charge in [-0.15, -0.1) is 0 Å². The molecule has 17 heavy (non-hydrogen) atoms. The summed E-state index contributed by atoms with van der Waals surface area (Å²) >= 11 is 0. The van der Waals surface area contributed by atoms with E-state index in [1.165, 1.54) is 7.11 Å². The molecule has 1 rings (SSSR count). The lowest BCUT2D eigenvalue weighted by Gasteiger charge is -2.09. The van der Waals surface area contributed by atoms with Crippen LogP contribution in [0.15, 0.2) is 35.3 Å². The van der Waals surface area contributed by atoms with Gasteiger partial charge in [0.2, 0.25) is 5.90 Å². The highest BCUT2D eigenvalue weighted by molar-refractivity contribution is 5.95. The lowest BCUT2D eigenvalue weighted by atomic mass is 10.2. The molecular formula is C13H17NO3. The third-order valence-corrected chi connectivity index (χ3v) is 2.15. The van der Waals surface area contributed by atoms with Crippen LogP contribution in [-0.2, 0) is 14.3 Å². The molecule has 1 aromatic carbocycles. The van der Waals surface area contributed by atoms with E-state index < -0.39 is 6.04 Å². The first-order valence-electron chi connectivity index (χ1n) is 5.52. The largest absolute Gasteiger partial charge is 0.481 e. The number of aliphatic imine (C=N–C) groups is 1. The zero-order chi connectivity index (χ0) is 12.7. The Kier molecular flexibility index (Phi) is 5.20. The molecule has 4 heteroatoms. The van der Waals surface area contributed by atoms with Crippen LogP contribution in [0.5, 0.6) is 0 Å². The van der Waals surface area contributed by atoms with Crippen molar-refractivity contribution in [2.45, 2.75) is 19.9 Å². The Morgan fingerprint density at radius 1 is 1.35 bits per heavy atom. The highest BCUT2D eigenvalue weighted by atomic mass is 16.5. The van der Waals surface area contributed by atoms with Crippen molar-refractivity contribution in [2.75, 3.05) is 13.7 Å². The van der Waals surface area contributed by atoms with E-state index in [-0.39, 0.29) is 5.97 Å². The van der Waals surface area contributed by atoms with Gasteiger partial charge in [-0.25, -0.2) is 9.79 Å². The summed E-state index contributed by atoms with van der Waals surface area (Å²) in [6, 6.07) is 8.87. The number of nitrogens with zero attached hydrogens (tertiary/aromatic N) is 1. The molecular weight excluding hydrogens is 218 g/mol. The number of hydrogen-bond acceptors (Lipinski definition) is 4. The summed E-state index contributed by atoms with van der Waals surface area (Å²) in [6.07, 6.45) is 0. The van der Waals surface area contributed by atoms with E-state index >= 15 is 0 Å². The molecule has 0 heterocycles. The number of benzene rings is 1. The number of esters is 1. The number of ether oxygens (including phenoxy) is 2.